The number of pyridine rings is 1. The van der Waals surface area contributed by atoms with E-state index in [1.807, 2.05) is 49.5 Å². The summed E-state index contributed by atoms with van der Waals surface area (Å²) in [6, 6.07) is 13.4. The van der Waals surface area contributed by atoms with Gasteiger partial charge in [0.1, 0.15) is 11.6 Å². The number of fused-ring (bicyclic) bond motifs is 1. The quantitative estimate of drug-likeness (QED) is 0.765. The summed E-state index contributed by atoms with van der Waals surface area (Å²) < 4.78 is 1.68. The Morgan fingerprint density at radius 2 is 2.04 bits per heavy atom. The second-order valence-electron chi connectivity index (χ2n) is 6.90. The largest absolute Gasteiger partial charge is 0.370 e. The van der Waals surface area contributed by atoms with Gasteiger partial charge in [-0.25, -0.2) is 9.97 Å². The van der Waals surface area contributed by atoms with Crippen LogP contribution in [0, 0.1) is 5.92 Å². The van der Waals surface area contributed by atoms with E-state index in [0.29, 0.717) is 17.8 Å². The number of rotatable bonds is 5. The standard InChI is InChI=1S/C20H23N5O/c1-24-19(23-17-7-3-2-6-16(17)20(24)26)14-25-11-9-15(13-25)12-22-18-8-4-5-10-21-18/h2-8,10,15H,9,11-14H2,1H3,(H,21,22)/t15-/m1/s1. The van der Waals surface area contributed by atoms with Crippen molar-refractivity contribution in [2.75, 3.05) is 25.0 Å². The lowest BCUT2D eigenvalue weighted by Gasteiger charge is -2.18. The molecule has 134 valence electrons. The van der Waals surface area contributed by atoms with E-state index in [2.05, 4.69) is 15.2 Å². The average Bonchev–Trinajstić information content (AvgIpc) is 3.12. The van der Waals surface area contributed by atoms with E-state index in [9.17, 15) is 4.79 Å². The summed E-state index contributed by atoms with van der Waals surface area (Å²) >= 11 is 0. The van der Waals surface area contributed by atoms with Gasteiger partial charge in [0.15, 0.2) is 0 Å². The molecule has 6 nitrogen and oxygen atoms in total. The zero-order chi connectivity index (χ0) is 17.9. The monoisotopic (exact) mass is 349 g/mol. The van der Waals surface area contributed by atoms with Gasteiger partial charge < -0.3 is 5.32 Å². The molecule has 0 radical (unpaired) electrons. The van der Waals surface area contributed by atoms with Crippen molar-refractivity contribution < 1.29 is 0 Å². The Morgan fingerprint density at radius 3 is 2.88 bits per heavy atom. The van der Waals surface area contributed by atoms with E-state index < -0.39 is 0 Å². The molecule has 1 atom stereocenters. The van der Waals surface area contributed by atoms with Crippen LogP contribution in [0.5, 0.6) is 0 Å². The minimum absolute atomic E-state index is 0.0261. The molecule has 3 aromatic rings. The number of hydrogen-bond donors (Lipinski definition) is 1. The van der Waals surface area contributed by atoms with Gasteiger partial charge in [0.05, 0.1) is 17.4 Å². The van der Waals surface area contributed by atoms with Crippen LogP contribution in [0.25, 0.3) is 10.9 Å². The Balaban J connectivity index is 1.42. The first-order valence-corrected chi connectivity index (χ1v) is 9.02. The number of anilines is 1. The predicted octanol–water partition coefficient (Wildman–Crippen LogP) is 2.26. The zero-order valence-corrected chi connectivity index (χ0v) is 14.9. The summed E-state index contributed by atoms with van der Waals surface area (Å²) in [5.74, 6) is 2.33. The Bertz CT molecular complexity index is 953. The van der Waals surface area contributed by atoms with Gasteiger partial charge in [-0.1, -0.05) is 18.2 Å². The van der Waals surface area contributed by atoms with Crippen molar-refractivity contribution in [2.45, 2.75) is 13.0 Å². The fourth-order valence-electron chi connectivity index (χ4n) is 3.54. The van der Waals surface area contributed by atoms with Crippen LogP contribution in [0.1, 0.15) is 12.2 Å². The molecule has 1 fully saturated rings. The molecule has 0 bridgehead atoms. The van der Waals surface area contributed by atoms with Crippen LogP contribution in [0.2, 0.25) is 0 Å². The normalized spacial score (nSPS) is 17.7. The minimum atomic E-state index is 0.0261. The molecule has 3 heterocycles. The van der Waals surface area contributed by atoms with Crippen LogP contribution in [-0.2, 0) is 13.6 Å². The maximum Gasteiger partial charge on any atom is 0.261 e. The van der Waals surface area contributed by atoms with Crippen LogP contribution in [0.4, 0.5) is 5.82 Å². The van der Waals surface area contributed by atoms with Crippen molar-refractivity contribution in [3.05, 3.63) is 64.8 Å². The molecule has 0 amide bonds. The number of para-hydroxylation sites is 1. The van der Waals surface area contributed by atoms with Crippen LogP contribution in [-0.4, -0.2) is 39.1 Å². The fraction of sp³-hybridized carbons (Fsp3) is 0.350. The van der Waals surface area contributed by atoms with Crippen molar-refractivity contribution in [3.8, 4) is 0 Å². The lowest BCUT2D eigenvalue weighted by atomic mass is 10.1. The number of hydrogen-bond acceptors (Lipinski definition) is 5. The molecule has 2 aromatic heterocycles. The number of benzene rings is 1. The van der Waals surface area contributed by atoms with Crippen molar-refractivity contribution in [1.82, 2.24) is 19.4 Å². The van der Waals surface area contributed by atoms with Gasteiger partial charge in [0, 0.05) is 26.3 Å². The molecule has 0 unspecified atom stereocenters. The SMILES string of the molecule is Cn1c(CN2CC[C@H](CNc3ccccn3)C2)nc2ccccc2c1=O. The van der Waals surface area contributed by atoms with Gasteiger partial charge in [-0.2, -0.15) is 0 Å². The van der Waals surface area contributed by atoms with Crippen LogP contribution >= 0.6 is 0 Å². The van der Waals surface area contributed by atoms with Gasteiger partial charge in [-0.3, -0.25) is 14.3 Å². The lowest BCUT2D eigenvalue weighted by Crippen LogP contribution is -2.29. The molecular formula is C20H23N5O. The molecule has 1 N–H and O–H groups in total. The molecule has 1 aliphatic heterocycles. The van der Waals surface area contributed by atoms with E-state index in [0.717, 1.165) is 43.2 Å². The van der Waals surface area contributed by atoms with Crippen LogP contribution in [0.15, 0.2) is 53.5 Å². The van der Waals surface area contributed by atoms with E-state index >= 15 is 0 Å². The molecule has 0 saturated carbocycles. The maximum absolute atomic E-state index is 12.5. The highest BCUT2D eigenvalue weighted by Crippen LogP contribution is 2.19. The summed E-state index contributed by atoms with van der Waals surface area (Å²) in [4.78, 5) is 23.9. The Labute approximate surface area is 152 Å². The van der Waals surface area contributed by atoms with Gasteiger partial charge in [-0.15, -0.1) is 0 Å². The molecule has 4 rings (SSSR count). The van der Waals surface area contributed by atoms with Crippen molar-refractivity contribution in [3.63, 3.8) is 0 Å². The molecular weight excluding hydrogens is 326 g/mol. The Hall–Kier alpha value is -2.73. The van der Waals surface area contributed by atoms with Crippen molar-refractivity contribution in [2.24, 2.45) is 13.0 Å². The first-order chi connectivity index (χ1) is 12.7. The third-order valence-corrected chi connectivity index (χ3v) is 5.05. The summed E-state index contributed by atoms with van der Waals surface area (Å²) in [6.07, 6.45) is 2.94. The third kappa shape index (κ3) is 3.46. The summed E-state index contributed by atoms with van der Waals surface area (Å²) in [6.45, 7) is 3.65. The first-order valence-electron chi connectivity index (χ1n) is 9.02. The number of likely N-dealkylation sites (tertiary alicyclic amines) is 1. The van der Waals surface area contributed by atoms with Gasteiger partial charge in [-0.05, 0) is 43.1 Å². The molecule has 6 heteroatoms. The van der Waals surface area contributed by atoms with Gasteiger partial charge in [0.2, 0.25) is 0 Å². The second kappa shape index (κ2) is 7.25. The maximum atomic E-state index is 12.5. The van der Waals surface area contributed by atoms with E-state index in [1.54, 1.807) is 10.8 Å². The molecule has 1 saturated heterocycles. The predicted molar refractivity (Wildman–Crippen MR) is 103 cm³/mol. The average molecular weight is 349 g/mol. The van der Waals surface area contributed by atoms with Crippen molar-refractivity contribution >= 4 is 16.7 Å². The highest BCUT2D eigenvalue weighted by Gasteiger charge is 2.23. The zero-order valence-electron chi connectivity index (χ0n) is 14.9. The highest BCUT2D eigenvalue weighted by atomic mass is 16.1. The number of nitrogens with one attached hydrogen (secondary N) is 1. The topological polar surface area (TPSA) is 63.1 Å². The second-order valence-corrected chi connectivity index (χ2v) is 6.90. The molecule has 26 heavy (non-hydrogen) atoms. The lowest BCUT2D eigenvalue weighted by molar-refractivity contribution is 0.305. The fourth-order valence-corrected chi connectivity index (χ4v) is 3.54. The number of aromatic nitrogens is 3. The van der Waals surface area contributed by atoms with Crippen LogP contribution in [0.3, 0.4) is 0 Å². The van der Waals surface area contributed by atoms with Crippen LogP contribution < -0.4 is 10.9 Å². The molecule has 1 aliphatic rings. The van der Waals surface area contributed by atoms with Crippen molar-refractivity contribution in [1.29, 1.82) is 0 Å². The molecule has 0 spiro atoms. The summed E-state index contributed by atoms with van der Waals surface area (Å²) in [5.41, 5.74) is 0.802. The first kappa shape index (κ1) is 16.7. The van der Waals surface area contributed by atoms with E-state index in [4.69, 9.17) is 4.98 Å². The van der Waals surface area contributed by atoms with E-state index in [1.165, 1.54) is 0 Å². The third-order valence-electron chi connectivity index (χ3n) is 5.05. The Morgan fingerprint density at radius 1 is 1.19 bits per heavy atom. The van der Waals surface area contributed by atoms with E-state index in [-0.39, 0.29) is 5.56 Å². The smallest absolute Gasteiger partial charge is 0.261 e. The highest BCUT2D eigenvalue weighted by molar-refractivity contribution is 5.77. The summed E-state index contributed by atoms with van der Waals surface area (Å²) in [5, 5.41) is 4.09. The minimum Gasteiger partial charge on any atom is -0.370 e. The van der Waals surface area contributed by atoms with Gasteiger partial charge in [0.25, 0.3) is 5.56 Å². The van der Waals surface area contributed by atoms with Gasteiger partial charge >= 0.3 is 0 Å². The Kier molecular flexibility index (Phi) is 4.67. The number of nitrogens with zero attached hydrogens (tertiary/aromatic N) is 4. The molecule has 0 aliphatic carbocycles. The summed E-state index contributed by atoms with van der Waals surface area (Å²) in [7, 11) is 1.81. The molecule has 1 aromatic carbocycles.